The number of urea groups is 1. The van der Waals surface area contributed by atoms with E-state index in [4.69, 9.17) is 26.1 Å². The number of carbonyl (C=O) groups is 2. The van der Waals surface area contributed by atoms with Crippen LogP contribution in [-0.4, -0.2) is 67.0 Å². The Morgan fingerprint density at radius 3 is 2.62 bits per heavy atom. The molecule has 1 saturated heterocycles. The second kappa shape index (κ2) is 11.9. The summed E-state index contributed by atoms with van der Waals surface area (Å²) in [5.41, 5.74) is 1.65. The molecule has 2 aliphatic heterocycles. The fourth-order valence-electron chi connectivity index (χ4n) is 4.80. The van der Waals surface area contributed by atoms with Gasteiger partial charge in [0.15, 0.2) is 0 Å². The van der Waals surface area contributed by atoms with Gasteiger partial charge in [0.1, 0.15) is 23.9 Å². The number of halogens is 1. The molecule has 0 radical (unpaired) electrons. The highest BCUT2D eigenvalue weighted by Crippen LogP contribution is 2.40. The number of nitrogens with one attached hydrogen (secondary N) is 1. The van der Waals surface area contributed by atoms with Crippen molar-refractivity contribution in [3.8, 4) is 11.5 Å². The molecule has 0 aliphatic carbocycles. The zero-order valence-corrected chi connectivity index (χ0v) is 22.6. The maximum atomic E-state index is 14.2. The molecule has 1 fully saturated rings. The molecule has 9 heteroatoms. The molecule has 0 unspecified atom stereocenters. The van der Waals surface area contributed by atoms with Crippen LogP contribution in [0.3, 0.4) is 0 Å². The molecular formula is C28H35ClN4O4. The number of rotatable bonds is 8. The molecule has 0 spiro atoms. The van der Waals surface area contributed by atoms with Crippen LogP contribution >= 0.6 is 11.6 Å². The number of piperazine rings is 1. The molecule has 4 rings (SSSR count). The number of nitrogens with zero attached hydrogens (tertiary/aromatic N) is 3. The fourth-order valence-corrected chi connectivity index (χ4v) is 4.93. The van der Waals surface area contributed by atoms with Crippen molar-refractivity contribution in [1.82, 2.24) is 15.1 Å². The Labute approximate surface area is 223 Å². The Kier molecular flexibility index (Phi) is 8.59. The highest BCUT2D eigenvalue weighted by atomic mass is 35.5. The minimum Gasteiger partial charge on any atom is -0.497 e. The van der Waals surface area contributed by atoms with Crippen molar-refractivity contribution < 1.29 is 19.1 Å². The molecule has 2 aromatic rings. The summed E-state index contributed by atoms with van der Waals surface area (Å²) in [5, 5.41) is 3.43. The number of ether oxygens (including phenoxy) is 2. The minimum atomic E-state index is -0.347. The lowest BCUT2D eigenvalue weighted by molar-refractivity contribution is -0.123. The summed E-state index contributed by atoms with van der Waals surface area (Å²) in [6.45, 7) is 7.58. The van der Waals surface area contributed by atoms with Gasteiger partial charge in [-0.15, -0.1) is 0 Å². The van der Waals surface area contributed by atoms with Crippen molar-refractivity contribution in [2.24, 2.45) is 10.9 Å². The van der Waals surface area contributed by atoms with E-state index in [1.807, 2.05) is 49.4 Å². The van der Waals surface area contributed by atoms with Crippen molar-refractivity contribution in [2.45, 2.75) is 45.7 Å². The number of amides is 3. The molecule has 0 aromatic heterocycles. The van der Waals surface area contributed by atoms with E-state index in [1.165, 1.54) is 0 Å². The predicted octanol–water partition coefficient (Wildman–Crippen LogP) is 4.91. The molecular weight excluding hydrogens is 492 g/mol. The third-order valence-corrected chi connectivity index (χ3v) is 6.91. The van der Waals surface area contributed by atoms with Gasteiger partial charge in [0.25, 0.3) is 0 Å². The zero-order chi connectivity index (χ0) is 26.5. The van der Waals surface area contributed by atoms with Gasteiger partial charge in [0.05, 0.1) is 31.4 Å². The molecule has 0 saturated carbocycles. The Hall–Kier alpha value is -3.26. The van der Waals surface area contributed by atoms with Gasteiger partial charge in [-0.1, -0.05) is 37.6 Å². The second-order valence-electron chi connectivity index (χ2n) is 9.71. The first-order valence-corrected chi connectivity index (χ1v) is 13.2. The smallest absolute Gasteiger partial charge is 0.326 e. The van der Waals surface area contributed by atoms with E-state index in [0.29, 0.717) is 53.5 Å². The third kappa shape index (κ3) is 6.01. The van der Waals surface area contributed by atoms with Crippen LogP contribution in [-0.2, 0) is 4.79 Å². The van der Waals surface area contributed by atoms with Crippen molar-refractivity contribution in [3.63, 3.8) is 0 Å². The lowest BCUT2D eigenvalue weighted by atomic mass is 9.93. The monoisotopic (exact) mass is 526 g/mol. The first-order chi connectivity index (χ1) is 17.8. The number of benzene rings is 2. The van der Waals surface area contributed by atoms with Gasteiger partial charge in [-0.25, -0.2) is 4.79 Å². The Bertz CT molecular complexity index is 1150. The van der Waals surface area contributed by atoms with E-state index in [-0.39, 0.29) is 30.6 Å². The molecule has 2 atom stereocenters. The highest BCUT2D eigenvalue weighted by Gasteiger charge is 2.44. The SMILES string of the molecule is CCOc1cc(OC)ccc1C1=N[C@H](CCC(C)C)[C@H](c2ccc(Cl)cc2)N1C(=O)N1CCNC(=O)C1. The summed E-state index contributed by atoms with van der Waals surface area (Å²) in [4.78, 5) is 34.8. The number of hydrogen-bond acceptors (Lipinski definition) is 5. The lowest BCUT2D eigenvalue weighted by Crippen LogP contribution is -2.55. The normalized spacial score (nSPS) is 19.6. The van der Waals surface area contributed by atoms with Crippen molar-refractivity contribution in [3.05, 3.63) is 58.6 Å². The molecule has 8 nitrogen and oxygen atoms in total. The van der Waals surface area contributed by atoms with Gasteiger partial charge in [-0.05, 0) is 55.5 Å². The number of aliphatic imine (C=N–C) groups is 1. The molecule has 2 heterocycles. The van der Waals surface area contributed by atoms with Crippen LogP contribution in [0.2, 0.25) is 5.02 Å². The molecule has 1 N–H and O–H groups in total. The number of hydrogen-bond donors (Lipinski definition) is 1. The van der Waals surface area contributed by atoms with E-state index >= 15 is 0 Å². The molecule has 2 aliphatic rings. The average Bonchev–Trinajstić information content (AvgIpc) is 3.26. The second-order valence-corrected chi connectivity index (χ2v) is 10.1. The van der Waals surface area contributed by atoms with Crippen LogP contribution in [0.5, 0.6) is 11.5 Å². The Morgan fingerprint density at radius 1 is 1.22 bits per heavy atom. The maximum absolute atomic E-state index is 14.2. The minimum absolute atomic E-state index is 0.00748. The van der Waals surface area contributed by atoms with Crippen LogP contribution in [0.15, 0.2) is 47.5 Å². The van der Waals surface area contributed by atoms with Crippen LogP contribution in [0.4, 0.5) is 4.79 Å². The van der Waals surface area contributed by atoms with Crippen LogP contribution in [0, 0.1) is 5.92 Å². The standard InChI is InChI=1S/C28H35ClN4O4/c1-5-37-24-16-21(36-4)11-12-22(24)27-31-23(13-6-18(2)3)26(19-7-9-20(29)10-8-19)33(27)28(35)32-15-14-30-25(34)17-32/h7-12,16,18,23,26H,5-6,13-15,17H2,1-4H3,(H,30,34)/t23-,26+/m1/s1. The number of amidine groups is 1. The van der Waals surface area contributed by atoms with E-state index in [0.717, 1.165) is 18.4 Å². The summed E-state index contributed by atoms with van der Waals surface area (Å²) < 4.78 is 11.4. The fraction of sp³-hybridized carbons (Fsp3) is 0.464. The molecule has 2 aromatic carbocycles. The van der Waals surface area contributed by atoms with Crippen LogP contribution in [0.25, 0.3) is 0 Å². The molecule has 0 bridgehead atoms. The third-order valence-electron chi connectivity index (χ3n) is 6.65. The molecule has 3 amide bonds. The van der Waals surface area contributed by atoms with Gasteiger partial charge < -0.3 is 19.7 Å². The largest absolute Gasteiger partial charge is 0.497 e. The summed E-state index contributed by atoms with van der Waals surface area (Å²) in [7, 11) is 1.60. The topological polar surface area (TPSA) is 83.5 Å². The zero-order valence-electron chi connectivity index (χ0n) is 21.9. The number of carbonyl (C=O) groups excluding carboxylic acids is 2. The Morgan fingerprint density at radius 2 is 1.97 bits per heavy atom. The lowest BCUT2D eigenvalue weighted by Gasteiger charge is -2.36. The van der Waals surface area contributed by atoms with E-state index in [2.05, 4.69) is 19.2 Å². The van der Waals surface area contributed by atoms with Gasteiger partial charge in [-0.3, -0.25) is 14.7 Å². The van der Waals surface area contributed by atoms with Gasteiger partial charge in [0, 0.05) is 24.2 Å². The molecule has 37 heavy (non-hydrogen) atoms. The quantitative estimate of drug-likeness (QED) is 0.530. The summed E-state index contributed by atoms with van der Waals surface area (Å²) in [6, 6.07) is 12.4. The van der Waals surface area contributed by atoms with Crippen molar-refractivity contribution >= 4 is 29.4 Å². The summed E-state index contributed by atoms with van der Waals surface area (Å²) >= 11 is 6.21. The van der Waals surface area contributed by atoms with E-state index < -0.39 is 0 Å². The van der Waals surface area contributed by atoms with Crippen molar-refractivity contribution in [2.75, 3.05) is 33.4 Å². The maximum Gasteiger partial charge on any atom is 0.326 e. The Balaban J connectivity index is 1.84. The average molecular weight is 527 g/mol. The van der Waals surface area contributed by atoms with Crippen LogP contribution in [0.1, 0.15) is 50.8 Å². The highest BCUT2D eigenvalue weighted by molar-refractivity contribution is 6.30. The van der Waals surface area contributed by atoms with E-state index in [9.17, 15) is 9.59 Å². The van der Waals surface area contributed by atoms with Crippen molar-refractivity contribution in [1.29, 1.82) is 0 Å². The summed E-state index contributed by atoms with van der Waals surface area (Å²) in [5.74, 6) is 2.10. The molecule has 198 valence electrons. The van der Waals surface area contributed by atoms with Gasteiger partial charge in [-0.2, -0.15) is 0 Å². The van der Waals surface area contributed by atoms with Crippen LogP contribution < -0.4 is 14.8 Å². The predicted molar refractivity (Wildman–Crippen MR) is 145 cm³/mol. The van der Waals surface area contributed by atoms with Gasteiger partial charge in [0.2, 0.25) is 5.91 Å². The first kappa shape index (κ1) is 26.8. The summed E-state index contributed by atoms with van der Waals surface area (Å²) in [6.07, 6.45) is 1.76. The first-order valence-electron chi connectivity index (χ1n) is 12.8. The number of methoxy groups -OCH3 is 1. The van der Waals surface area contributed by atoms with Gasteiger partial charge >= 0.3 is 6.03 Å². The van der Waals surface area contributed by atoms with E-state index in [1.54, 1.807) is 16.9 Å².